The van der Waals surface area contributed by atoms with Crippen LogP contribution in [0.3, 0.4) is 0 Å². The molecular formula is C8H9NOS. The van der Waals surface area contributed by atoms with Crippen LogP contribution in [0.2, 0.25) is 0 Å². The Labute approximate surface area is 70.7 Å². The van der Waals surface area contributed by atoms with Crippen LogP contribution in [0.1, 0.15) is 6.42 Å². The van der Waals surface area contributed by atoms with Gasteiger partial charge in [-0.05, 0) is 17.9 Å². The van der Waals surface area contributed by atoms with E-state index in [2.05, 4.69) is 17.3 Å². The Bertz CT molecular complexity index is 183. The van der Waals surface area contributed by atoms with Crippen molar-refractivity contribution in [2.45, 2.75) is 11.8 Å². The zero-order chi connectivity index (χ0) is 7.52. The number of ether oxygens (including phenoxy) is 1. The molecule has 2 unspecified atom stereocenters. The first-order valence-electron chi connectivity index (χ1n) is 3.59. The fraction of sp³-hybridized carbons (Fsp3) is 0.375. The van der Waals surface area contributed by atoms with Crippen molar-refractivity contribution in [3.63, 3.8) is 0 Å². The highest BCUT2D eigenvalue weighted by molar-refractivity contribution is 8.02. The van der Waals surface area contributed by atoms with Crippen LogP contribution in [0.15, 0.2) is 23.9 Å². The van der Waals surface area contributed by atoms with Crippen LogP contribution in [-0.4, -0.2) is 5.37 Å². The molecule has 0 aromatic heterocycles. The second kappa shape index (κ2) is 3.22. The third kappa shape index (κ3) is 1.53. The van der Waals surface area contributed by atoms with Gasteiger partial charge in [-0.15, -0.1) is 11.8 Å². The Morgan fingerprint density at radius 1 is 1.64 bits per heavy atom. The normalized spacial score (nSPS) is 34.9. The van der Waals surface area contributed by atoms with Crippen molar-refractivity contribution in [1.82, 2.24) is 5.32 Å². The van der Waals surface area contributed by atoms with Gasteiger partial charge in [0, 0.05) is 12.1 Å². The Hall–Kier alpha value is -0.570. The van der Waals surface area contributed by atoms with Gasteiger partial charge in [-0.2, -0.15) is 0 Å². The Morgan fingerprint density at radius 2 is 2.64 bits per heavy atom. The molecule has 0 aliphatic carbocycles. The third-order valence-electron chi connectivity index (χ3n) is 1.69. The second-order valence-corrected chi connectivity index (χ2v) is 3.53. The van der Waals surface area contributed by atoms with Crippen molar-refractivity contribution in [2.75, 3.05) is 0 Å². The first kappa shape index (κ1) is 7.10. The fourth-order valence-corrected chi connectivity index (χ4v) is 1.96. The van der Waals surface area contributed by atoms with Crippen LogP contribution in [0, 0.1) is 12.5 Å². The molecule has 0 bridgehead atoms. The molecule has 0 aromatic rings. The molecule has 1 N–H and O–H groups in total. The van der Waals surface area contributed by atoms with Crippen LogP contribution >= 0.6 is 11.8 Å². The molecule has 3 heteroatoms. The fourth-order valence-electron chi connectivity index (χ4n) is 1.12. The molecule has 2 rings (SSSR count). The minimum absolute atomic E-state index is 0.375. The number of rotatable bonds is 1. The highest BCUT2D eigenvalue weighted by Gasteiger charge is 2.24. The minimum Gasteiger partial charge on any atom is -0.486 e. The van der Waals surface area contributed by atoms with E-state index in [1.807, 2.05) is 12.3 Å². The first-order valence-corrected chi connectivity index (χ1v) is 4.54. The van der Waals surface area contributed by atoms with Gasteiger partial charge in [0.05, 0.1) is 11.6 Å². The van der Waals surface area contributed by atoms with E-state index in [0.29, 0.717) is 11.3 Å². The third-order valence-corrected chi connectivity index (χ3v) is 2.74. The van der Waals surface area contributed by atoms with Gasteiger partial charge in [-0.3, -0.25) is 0 Å². The maximum Gasteiger partial charge on any atom is 0.201 e. The molecule has 11 heavy (non-hydrogen) atoms. The highest BCUT2D eigenvalue weighted by atomic mass is 32.2. The van der Waals surface area contributed by atoms with Crippen molar-refractivity contribution in [3.05, 3.63) is 30.6 Å². The summed E-state index contributed by atoms with van der Waals surface area (Å²) in [5, 5.41) is 5.71. The van der Waals surface area contributed by atoms with E-state index in [-0.39, 0.29) is 0 Å². The minimum atomic E-state index is 0.375. The topological polar surface area (TPSA) is 21.3 Å². The predicted molar refractivity (Wildman–Crippen MR) is 45.2 cm³/mol. The molecule has 58 valence electrons. The monoisotopic (exact) mass is 167 g/mol. The average Bonchev–Trinajstić information content (AvgIpc) is 2.58. The van der Waals surface area contributed by atoms with Gasteiger partial charge in [-0.25, -0.2) is 0 Å². The predicted octanol–water partition coefficient (Wildman–Crippen LogP) is 1.71. The van der Waals surface area contributed by atoms with Crippen LogP contribution < -0.4 is 5.32 Å². The number of nitrogens with one attached hydrogen (secondary N) is 1. The first-order chi connectivity index (χ1) is 5.47. The molecular weight excluding hydrogens is 158 g/mol. The molecule has 2 nitrogen and oxygen atoms in total. The number of hydrogen-bond acceptors (Lipinski definition) is 3. The van der Waals surface area contributed by atoms with Gasteiger partial charge in [-0.1, -0.05) is 0 Å². The Kier molecular flexibility index (Phi) is 2.08. The summed E-state index contributed by atoms with van der Waals surface area (Å²) in [5.41, 5.74) is 0. The summed E-state index contributed by atoms with van der Waals surface area (Å²) in [6.45, 7) is 2.95. The summed E-state index contributed by atoms with van der Waals surface area (Å²) in [4.78, 5) is 0. The van der Waals surface area contributed by atoms with Crippen LogP contribution in [0.25, 0.3) is 0 Å². The second-order valence-electron chi connectivity index (χ2n) is 2.48. The number of allylic oxidation sites excluding steroid dienone is 1. The van der Waals surface area contributed by atoms with E-state index < -0.39 is 0 Å². The largest absolute Gasteiger partial charge is 0.486 e. The zero-order valence-corrected chi connectivity index (χ0v) is 6.80. The lowest BCUT2D eigenvalue weighted by Crippen LogP contribution is -2.28. The molecule has 0 saturated carbocycles. The van der Waals surface area contributed by atoms with Crippen LogP contribution in [0.5, 0.6) is 0 Å². The van der Waals surface area contributed by atoms with Gasteiger partial charge < -0.3 is 10.1 Å². The van der Waals surface area contributed by atoms with E-state index in [1.54, 1.807) is 18.0 Å². The molecule has 2 atom stereocenters. The summed E-state index contributed by atoms with van der Waals surface area (Å²) >= 11 is 1.78. The van der Waals surface area contributed by atoms with E-state index in [4.69, 9.17) is 4.74 Å². The maximum atomic E-state index is 4.98. The Morgan fingerprint density at radius 3 is 3.27 bits per heavy atom. The average molecular weight is 167 g/mol. The molecule has 2 radical (unpaired) electrons. The molecule has 2 heterocycles. The standard InChI is InChI=1S/C8H9NOS/c1-2-7(6-10-4-1)8-9-3-5-11-8/h1,3-5,7-9H,2H2. The van der Waals surface area contributed by atoms with Crippen LogP contribution in [0.4, 0.5) is 0 Å². The Balaban J connectivity index is 1.89. The lowest BCUT2D eigenvalue weighted by Gasteiger charge is -2.22. The lowest BCUT2D eigenvalue weighted by atomic mass is 10.1. The van der Waals surface area contributed by atoms with Crippen molar-refractivity contribution in [3.8, 4) is 0 Å². The molecule has 0 fully saturated rings. The number of hydrogen-bond donors (Lipinski definition) is 1. The molecule has 2 aliphatic heterocycles. The van der Waals surface area contributed by atoms with Crippen molar-refractivity contribution < 1.29 is 4.74 Å². The molecule has 0 spiro atoms. The van der Waals surface area contributed by atoms with E-state index >= 15 is 0 Å². The molecule has 0 amide bonds. The van der Waals surface area contributed by atoms with E-state index in [1.165, 1.54) is 0 Å². The van der Waals surface area contributed by atoms with Crippen molar-refractivity contribution >= 4 is 11.8 Å². The molecule has 2 aliphatic rings. The summed E-state index contributed by atoms with van der Waals surface area (Å²) in [7, 11) is 0. The quantitative estimate of drug-likeness (QED) is 0.642. The summed E-state index contributed by atoms with van der Waals surface area (Å²) in [5.74, 6) is 0.375. The van der Waals surface area contributed by atoms with Crippen LogP contribution in [-0.2, 0) is 4.74 Å². The SMILES string of the molecule is [C]1OC=CCC1C1NC=CS1. The van der Waals surface area contributed by atoms with Crippen molar-refractivity contribution in [2.24, 2.45) is 5.92 Å². The zero-order valence-electron chi connectivity index (χ0n) is 5.99. The van der Waals surface area contributed by atoms with E-state index in [0.717, 1.165) is 6.42 Å². The van der Waals surface area contributed by atoms with Gasteiger partial charge in [0.25, 0.3) is 0 Å². The maximum absolute atomic E-state index is 4.98. The molecule has 0 aromatic carbocycles. The summed E-state index contributed by atoms with van der Waals surface area (Å²) < 4.78 is 4.98. The van der Waals surface area contributed by atoms with Crippen molar-refractivity contribution in [1.29, 1.82) is 0 Å². The van der Waals surface area contributed by atoms with E-state index in [9.17, 15) is 0 Å². The summed E-state index contributed by atoms with van der Waals surface area (Å²) in [6.07, 6.45) is 6.70. The van der Waals surface area contributed by atoms with Gasteiger partial charge >= 0.3 is 0 Å². The lowest BCUT2D eigenvalue weighted by molar-refractivity contribution is 0.248. The number of thioether (sulfide) groups is 1. The highest BCUT2D eigenvalue weighted by Crippen LogP contribution is 2.29. The van der Waals surface area contributed by atoms with Gasteiger partial charge in [0.2, 0.25) is 6.61 Å². The van der Waals surface area contributed by atoms with Gasteiger partial charge in [0.1, 0.15) is 0 Å². The smallest absolute Gasteiger partial charge is 0.201 e. The summed E-state index contributed by atoms with van der Waals surface area (Å²) in [6, 6.07) is 0. The molecule has 0 saturated heterocycles. The van der Waals surface area contributed by atoms with Gasteiger partial charge in [0.15, 0.2) is 0 Å².